The molecule has 1 aliphatic heterocycles. The van der Waals surface area contributed by atoms with Gasteiger partial charge in [0.2, 0.25) is 0 Å². The number of anilines is 1. The fraction of sp³-hybridized carbons (Fsp3) is 0.500. The van der Waals surface area contributed by atoms with Crippen LogP contribution < -0.4 is 4.90 Å². The summed E-state index contributed by atoms with van der Waals surface area (Å²) in [6.07, 6.45) is 0.0973. The molecule has 1 fully saturated rings. The molecule has 0 N–H and O–H groups in total. The molecule has 0 amide bonds. The molecule has 5 nitrogen and oxygen atoms in total. The van der Waals surface area contributed by atoms with Gasteiger partial charge in [-0.2, -0.15) is 5.26 Å². The van der Waals surface area contributed by atoms with Crippen LogP contribution in [0.2, 0.25) is 0 Å². The lowest BCUT2D eigenvalue weighted by atomic mass is 10.3. The minimum Gasteiger partial charge on any atom is -0.377 e. The zero-order valence-electron chi connectivity index (χ0n) is 9.96. The number of ether oxygens (including phenoxy) is 2. The van der Waals surface area contributed by atoms with Crippen molar-refractivity contribution in [3.05, 3.63) is 23.9 Å². The van der Waals surface area contributed by atoms with Gasteiger partial charge in [0, 0.05) is 27.3 Å². The molecule has 2 heterocycles. The van der Waals surface area contributed by atoms with Gasteiger partial charge in [0.1, 0.15) is 29.8 Å². The average Bonchev–Trinajstić information content (AvgIpc) is 2.82. The second kappa shape index (κ2) is 5.13. The van der Waals surface area contributed by atoms with E-state index in [1.807, 2.05) is 18.2 Å². The Balaban J connectivity index is 2.16. The second-order valence-electron chi connectivity index (χ2n) is 3.95. The van der Waals surface area contributed by atoms with Crippen molar-refractivity contribution in [1.82, 2.24) is 4.98 Å². The molecule has 1 aliphatic rings. The number of pyridine rings is 1. The summed E-state index contributed by atoms with van der Waals surface area (Å²) in [6, 6.07) is 7.47. The van der Waals surface area contributed by atoms with Gasteiger partial charge in [-0.1, -0.05) is 6.07 Å². The van der Waals surface area contributed by atoms with Gasteiger partial charge in [-0.15, -0.1) is 0 Å². The molecule has 17 heavy (non-hydrogen) atoms. The van der Waals surface area contributed by atoms with Crippen molar-refractivity contribution in [3.8, 4) is 6.07 Å². The van der Waals surface area contributed by atoms with Crippen LogP contribution in [0, 0.1) is 11.3 Å². The van der Waals surface area contributed by atoms with Crippen molar-refractivity contribution in [3.63, 3.8) is 0 Å². The Hall–Kier alpha value is -1.64. The largest absolute Gasteiger partial charge is 0.377 e. The van der Waals surface area contributed by atoms with Crippen LogP contribution in [0.3, 0.4) is 0 Å². The molecule has 1 saturated heterocycles. The van der Waals surface area contributed by atoms with E-state index in [4.69, 9.17) is 14.7 Å². The third kappa shape index (κ3) is 2.38. The molecule has 2 unspecified atom stereocenters. The first-order valence-corrected chi connectivity index (χ1v) is 5.46. The van der Waals surface area contributed by atoms with Crippen LogP contribution in [0.5, 0.6) is 0 Å². The molecule has 2 atom stereocenters. The predicted octanol–water partition coefficient (Wildman–Crippen LogP) is 0.803. The summed E-state index contributed by atoms with van der Waals surface area (Å²) >= 11 is 0. The highest BCUT2D eigenvalue weighted by Crippen LogP contribution is 2.21. The molecular weight excluding hydrogens is 218 g/mol. The summed E-state index contributed by atoms with van der Waals surface area (Å²) in [5, 5.41) is 8.82. The molecule has 1 aromatic rings. The first-order valence-electron chi connectivity index (χ1n) is 5.46. The highest BCUT2D eigenvalue weighted by atomic mass is 16.5. The summed E-state index contributed by atoms with van der Waals surface area (Å²) in [5.41, 5.74) is 0.428. The number of methoxy groups -OCH3 is 2. The van der Waals surface area contributed by atoms with Crippen molar-refractivity contribution in [2.75, 3.05) is 32.2 Å². The highest BCUT2D eigenvalue weighted by molar-refractivity contribution is 5.43. The fourth-order valence-corrected chi connectivity index (χ4v) is 2.05. The number of hydrogen-bond donors (Lipinski definition) is 0. The Morgan fingerprint density at radius 3 is 2.47 bits per heavy atom. The first-order chi connectivity index (χ1) is 8.28. The van der Waals surface area contributed by atoms with E-state index in [9.17, 15) is 0 Å². The van der Waals surface area contributed by atoms with Gasteiger partial charge in [-0.25, -0.2) is 4.98 Å². The van der Waals surface area contributed by atoms with Gasteiger partial charge in [0.05, 0.1) is 0 Å². The van der Waals surface area contributed by atoms with Crippen molar-refractivity contribution in [2.24, 2.45) is 0 Å². The molecule has 0 radical (unpaired) electrons. The number of hydrogen-bond acceptors (Lipinski definition) is 5. The van der Waals surface area contributed by atoms with Crippen molar-refractivity contribution in [1.29, 1.82) is 5.26 Å². The van der Waals surface area contributed by atoms with Crippen LogP contribution >= 0.6 is 0 Å². The van der Waals surface area contributed by atoms with Gasteiger partial charge >= 0.3 is 0 Å². The average molecular weight is 233 g/mol. The lowest BCUT2D eigenvalue weighted by Gasteiger charge is -2.16. The van der Waals surface area contributed by atoms with Crippen LogP contribution in [0.25, 0.3) is 0 Å². The van der Waals surface area contributed by atoms with E-state index in [1.54, 1.807) is 20.3 Å². The van der Waals surface area contributed by atoms with E-state index < -0.39 is 0 Å². The van der Waals surface area contributed by atoms with Crippen molar-refractivity contribution in [2.45, 2.75) is 12.2 Å². The Kier molecular flexibility index (Phi) is 3.57. The molecule has 1 aromatic heterocycles. The normalized spacial score (nSPS) is 23.7. The summed E-state index contributed by atoms with van der Waals surface area (Å²) in [4.78, 5) is 6.34. The van der Waals surface area contributed by atoms with Crippen LogP contribution in [-0.2, 0) is 9.47 Å². The van der Waals surface area contributed by atoms with Gasteiger partial charge in [0.15, 0.2) is 0 Å². The summed E-state index contributed by atoms with van der Waals surface area (Å²) in [7, 11) is 3.36. The van der Waals surface area contributed by atoms with E-state index >= 15 is 0 Å². The molecule has 0 aromatic carbocycles. The minimum atomic E-state index is 0.0486. The quantitative estimate of drug-likeness (QED) is 0.773. The zero-order chi connectivity index (χ0) is 12.3. The predicted molar refractivity (Wildman–Crippen MR) is 62.8 cm³/mol. The second-order valence-corrected chi connectivity index (χ2v) is 3.95. The highest BCUT2D eigenvalue weighted by Gasteiger charge is 2.33. The van der Waals surface area contributed by atoms with Gasteiger partial charge in [-0.3, -0.25) is 0 Å². The number of aromatic nitrogens is 1. The molecule has 90 valence electrons. The van der Waals surface area contributed by atoms with Gasteiger partial charge in [0.25, 0.3) is 0 Å². The Morgan fingerprint density at radius 1 is 1.29 bits per heavy atom. The van der Waals surface area contributed by atoms with Crippen molar-refractivity contribution >= 4 is 5.82 Å². The van der Waals surface area contributed by atoms with Crippen molar-refractivity contribution < 1.29 is 9.47 Å². The maximum Gasteiger partial charge on any atom is 0.142 e. The van der Waals surface area contributed by atoms with Crippen LogP contribution in [0.1, 0.15) is 5.69 Å². The monoisotopic (exact) mass is 233 g/mol. The van der Waals surface area contributed by atoms with Gasteiger partial charge < -0.3 is 14.4 Å². The van der Waals surface area contributed by atoms with E-state index in [1.165, 1.54) is 0 Å². The number of rotatable bonds is 3. The van der Waals surface area contributed by atoms with E-state index in [-0.39, 0.29) is 12.2 Å². The van der Waals surface area contributed by atoms with E-state index in [0.717, 1.165) is 18.9 Å². The zero-order valence-corrected chi connectivity index (χ0v) is 9.96. The molecule has 5 heteroatoms. The first kappa shape index (κ1) is 11.8. The molecule has 0 spiro atoms. The topological polar surface area (TPSA) is 58.4 Å². The maximum atomic E-state index is 8.82. The molecule has 0 saturated carbocycles. The third-order valence-electron chi connectivity index (χ3n) is 2.99. The van der Waals surface area contributed by atoms with Crippen LogP contribution in [0.15, 0.2) is 18.2 Å². The summed E-state index contributed by atoms with van der Waals surface area (Å²) < 4.78 is 10.7. The Labute approximate surface area is 101 Å². The molecule has 2 rings (SSSR count). The Bertz CT molecular complexity index is 418. The number of nitrogens with zero attached hydrogens (tertiary/aromatic N) is 3. The molecule has 0 bridgehead atoms. The fourth-order valence-electron chi connectivity index (χ4n) is 2.05. The van der Waals surface area contributed by atoms with Gasteiger partial charge in [-0.05, 0) is 12.1 Å². The number of nitriles is 1. The summed E-state index contributed by atoms with van der Waals surface area (Å²) in [5.74, 6) is 0.797. The minimum absolute atomic E-state index is 0.0486. The Morgan fingerprint density at radius 2 is 1.94 bits per heavy atom. The van der Waals surface area contributed by atoms with Crippen LogP contribution in [0.4, 0.5) is 5.82 Å². The standard InChI is InChI=1S/C12H15N3O2/c1-16-10-7-15(8-11(10)17-2)12-5-3-4-9(6-13)14-12/h3-5,10-11H,7-8H2,1-2H3. The lowest BCUT2D eigenvalue weighted by Crippen LogP contribution is -2.27. The summed E-state index contributed by atoms with van der Waals surface area (Å²) in [6.45, 7) is 1.47. The van der Waals surface area contributed by atoms with Crippen LogP contribution in [-0.4, -0.2) is 44.5 Å². The maximum absolute atomic E-state index is 8.82. The molecule has 0 aliphatic carbocycles. The smallest absolute Gasteiger partial charge is 0.142 e. The third-order valence-corrected chi connectivity index (χ3v) is 2.99. The van der Waals surface area contributed by atoms with E-state index in [2.05, 4.69) is 9.88 Å². The van der Waals surface area contributed by atoms with E-state index in [0.29, 0.717) is 5.69 Å². The lowest BCUT2D eigenvalue weighted by molar-refractivity contribution is -0.00461. The SMILES string of the molecule is COC1CN(c2cccc(C#N)n2)CC1OC. The molecular formula is C12H15N3O2.